The molecule has 0 saturated carbocycles. The Hall–Kier alpha value is -2.36. The topological polar surface area (TPSA) is 72.1 Å². The van der Waals surface area contributed by atoms with Crippen molar-refractivity contribution in [2.24, 2.45) is 5.92 Å². The Bertz CT molecular complexity index is 759. The summed E-state index contributed by atoms with van der Waals surface area (Å²) >= 11 is 0. The van der Waals surface area contributed by atoms with Gasteiger partial charge in [0.05, 0.1) is 18.7 Å². The molecule has 0 radical (unpaired) electrons. The van der Waals surface area contributed by atoms with Gasteiger partial charge in [0.1, 0.15) is 17.6 Å². The van der Waals surface area contributed by atoms with Crippen LogP contribution >= 0.6 is 0 Å². The highest BCUT2D eigenvalue weighted by Gasteiger charge is 2.28. The molecule has 1 aromatic heterocycles. The number of aryl methyl sites for hydroxylation is 1. The molecule has 1 N–H and O–H groups in total. The summed E-state index contributed by atoms with van der Waals surface area (Å²) in [7, 11) is 1.58. The van der Waals surface area contributed by atoms with Crippen molar-refractivity contribution in [3.8, 4) is 11.8 Å². The van der Waals surface area contributed by atoms with Gasteiger partial charge in [-0.3, -0.25) is 0 Å². The molecule has 0 amide bonds. The van der Waals surface area contributed by atoms with Crippen LogP contribution in [0.5, 0.6) is 5.75 Å². The van der Waals surface area contributed by atoms with Crippen molar-refractivity contribution in [2.45, 2.75) is 38.9 Å². The van der Waals surface area contributed by atoms with Crippen molar-refractivity contribution >= 4 is 0 Å². The van der Waals surface area contributed by atoms with E-state index >= 15 is 0 Å². The second-order valence-corrected chi connectivity index (χ2v) is 6.53. The number of hydrogen-bond donors (Lipinski definition) is 1. The van der Waals surface area contributed by atoms with Gasteiger partial charge in [-0.2, -0.15) is 5.26 Å². The first-order chi connectivity index (χ1) is 12.8. The van der Waals surface area contributed by atoms with Crippen molar-refractivity contribution in [2.75, 3.05) is 20.3 Å². The summed E-state index contributed by atoms with van der Waals surface area (Å²) in [6.07, 6.45) is 5.96. The summed E-state index contributed by atoms with van der Waals surface area (Å²) in [5.41, 5.74) is 1.62. The summed E-state index contributed by atoms with van der Waals surface area (Å²) in [6, 6.07) is 8.11. The highest BCUT2D eigenvalue weighted by Crippen LogP contribution is 2.30. The van der Waals surface area contributed by atoms with Gasteiger partial charge in [-0.25, -0.2) is 4.98 Å². The lowest BCUT2D eigenvalue weighted by atomic mass is 9.90. The van der Waals surface area contributed by atoms with Gasteiger partial charge in [0, 0.05) is 38.7 Å². The highest BCUT2D eigenvalue weighted by atomic mass is 16.5. The molecular weight excluding hydrogens is 328 g/mol. The lowest BCUT2D eigenvalue weighted by Crippen LogP contribution is -2.34. The third-order valence-corrected chi connectivity index (χ3v) is 5.01. The van der Waals surface area contributed by atoms with Gasteiger partial charge in [-0.1, -0.05) is 6.07 Å². The minimum Gasteiger partial charge on any atom is -0.495 e. The molecule has 1 saturated heterocycles. The van der Waals surface area contributed by atoms with Gasteiger partial charge in [-0.05, 0) is 43.4 Å². The Kier molecular flexibility index (Phi) is 6.26. The Morgan fingerprint density at radius 1 is 1.42 bits per heavy atom. The fraction of sp³-hybridized carbons (Fsp3) is 0.500. The van der Waals surface area contributed by atoms with Crippen LogP contribution in [0, 0.1) is 17.2 Å². The van der Waals surface area contributed by atoms with Crippen LogP contribution in [0.15, 0.2) is 30.6 Å². The molecule has 0 bridgehead atoms. The number of nitriles is 1. The van der Waals surface area contributed by atoms with E-state index < -0.39 is 0 Å². The maximum absolute atomic E-state index is 9.30. The van der Waals surface area contributed by atoms with Crippen molar-refractivity contribution in [1.82, 2.24) is 14.9 Å². The van der Waals surface area contributed by atoms with E-state index in [4.69, 9.17) is 9.47 Å². The highest BCUT2D eigenvalue weighted by molar-refractivity contribution is 5.45. The standard InChI is InChI=1S/C20H26N4O2/c1-3-24-9-8-22-20(24)19(16-6-10-26-11-7-16)23-14-15-4-5-18(25-2)17(12-15)13-21/h4-5,8-9,12,16,19,23H,3,6-7,10-11,14H2,1-2H3/t19-/m1/s1. The zero-order chi connectivity index (χ0) is 18.4. The van der Waals surface area contributed by atoms with Crippen molar-refractivity contribution < 1.29 is 9.47 Å². The summed E-state index contributed by atoms with van der Waals surface area (Å²) in [5.74, 6) is 2.18. The van der Waals surface area contributed by atoms with Gasteiger partial charge >= 0.3 is 0 Å². The average Bonchev–Trinajstić information content (AvgIpc) is 3.17. The maximum Gasteiger partial charge on any atom is 0.136 e. The Balaban J connectivity index is 1.79. The third-order valence-electron chi connectivity index (χ3n) is 5.01. The zero-order valence-electron chi connectivity index (χ0n) is 15.4. The summed E-state index contributed by atoms with van der Waals surface area (Å²) in [5, 5.41) is 13.0. The molecular formula is C20H26N4O2. The number of nitrogens with zero attached hydrogens (tertiary/aromatic N) is 3. The number of methoxy groups -OCH3 is 1. The first-order valence-corrected chi connectivity index (χ1v) is 9.16. The van der Waals surface area contributed by atoms with E-state index in [1.54, 1.807) is 7.11 Å². The van der Waals surface area contributed by atoms with E-state index in [-0.39, 0.29) is 6.04 Å². The normalized spacial score (nSPS) is 16.2. The first-order valence-electron chi connectivity index (χ1n) is 9.16. The number of nitrogens with one attached hydrogen (secondary N) is 1. The van der Waals surface area contributed by atoms with Crippen LogP contribution in [0.25, 0.3) is 0 Å². The minimum atomic E-state index is 0.168. The zero-order valence-corrected chi connectivity index (χ0v) is 15.4. The third kappa shape index (κ3) is 4.06. The van der Waals surface area contributed by atoms with E-state index in [0.29, 0.717) is 23.8 Å². The predicted molar refractivity (Wildman–Crippen MR) is 98.7 cm³/mol. The summed E-state index contributed by atoms with van der Waals surface area (Å²) in [6.45, 7) is 5.32. The van der Waals surface area contributed by atoms with Crippen LogP contribution < -0.4 is 10.1 Å². The van der Waals surface area contributed by atoms with Gasteiger partial charge < -0.3 is 19.4 Å². The molecule has 1 fully saturated rings. The Morgan fingerprint density at radius 2 is 2.23 bits per heavy atom. The summed E-state index contributed by atoms with van der Waals surface area (Å²) < 4.78 is 13.0. The number of aromatic nitrogens is 2. The lowest BCUT2D eigenvalue weighted by molar-refractivity contribution is 0.0517. The molecule has 1 atom stereocenters. The van der Waals surface area contributed by atoms with E-state index in [0.717, 1.165) is 44.0 Å². The Labute approximate surface area is 154 Å². The number of ether oxygens (including phenoxy) is 2. The van der Waals surface area contributed by atoms with Gasteiger partial charge in [0.25, 0.3) is 0 Å². The molecule has 6 nitrogen and oxygen atoms in total. The minimum absolute atomic E-state index is 0.168. The largest absolute Gasteiger partial charge is 0.495 e. The van der Waals surface area contributed by atoms with Gasteiger partial charge in [0.15, 0.2) is 0 Å². The SMILES string of the molecule is CCn1ccnc1[C@H](NCc1ccc(OC)c(C#N)c1)C1CCOCC1. The second-order valence-electron chi connectivity index (χ2n) is 6.53. The van der Waals surface area contributed by atoms with Crippen LogP contribution in [-0.4, -0.2) is 29.9 Å². The fourth-order valence-electron chi connectivity index (χ4n) is 3.57. The molecule has 2 heterocycles. The van der Waals surface area contributed by atoms with Crippen LogP contribution in [0.3, 0.4) is 0 Å². The first kappa shape index (κ1) is 18.4. The summed E-state index contributed by atoms with van der Waals surface area (Å²) in [4.78, 5) is 4.62. The molecule has 138 valence electrons. The van der Waals surface area contributed by atoms with Crippen LogP contribution in [0.1, 0.15) is 42.8 Å². The van der Waals surface area contributed by atoms with Crippen LogP contribution in [0.4, 0.5) is 0 Å². The van der Waals surface area contributed by atoms with E-state index in [1.807, 2.05) is 30.6 Å². The quantitative estimate of drug-likeness (QED) is 0.827. The smallest absolute Gasteiger partial charge is 0.136 e. The number of rotatable bonds is 7. The van der Waals surface area contributed by atoms with Crippen molar-refractivity contribution in [3.05, 3.63) is 47.5 Å². The van der Waals surface area contributed by atoms with Gasteiger partial charge in [-0.15, -0.1) is 0 Å². The maximum atomic E-state index is 9.30. The molecule has 0 unspecified atom stereocenters. The number of hydrogen-bond acceptors (Lipinski definition) is 5. The molecule has 0 spiro atoms. The number of imidazole rings is 1. The van der Waals surface area contributed by atoms with E-state index in [2.05, 4.69) is 27.9 Å². The molecule has 3 rings (SSSR count). The molecule has 1 aromatic carbocycles. The molecule has 1 aliphatic heterocycles. The second kappa shape index (κ2) is 8.84. The van der Waals surface area contributed by atoms with Crippen molar-refractivity contribution in [3.63, 3.8) is 0 Å². The Morgan fingerprint density at radius 3 is 2.92 bits per heavy atom. The van der Waals surface area contributed by atoms with Crippen LogP contribution in [-0.2, 0) is 17.8 Å². The molecule has 26 heavy (non-hydrogen) atoms. The predicted octanol–water partition coefficient (Wildman–Crippen LogP) is 3.04. The van der Waals surface area contributed by atoms with Gasteiger partial charge in [0.2, 0.25) is 0 Å². The van der Waals surface area contributed by atoms with Crippen molar-refractivity contribution in [1.29, 1.82) is 5.26 Å². The molecule has 6 heteroatoms. The molecule has 0 aliphatic carbocycles. The van der Waals surface area contributed by atoms with E-state index in [9.17, 15) is 5.26 Å². The number of benzene rings is 1. The van der Waals surface area contributed by atoms with E-state index in [1.165, 1.54) is 0 Å². The fourth-order valence-corrected chi connectivity index (χ4v) is 3.57. The molecule has 2 aromatic rings. The van der Waals surface area contributed by atoms with Crippen LogP contribution in [0.2, 0.25) is 0 Å². The molecule has 1 aliphatic rings. The monoisotopic (exact) mass is 354 g/mol. The lowest BCUT2D eigenvalue weighted by Gasteiger charge is -2.31. The average molecular weight is 354 g/mol.